The summed E-state index contributed by atoms with van der Waals surface area (Å²) in [6.07, 6.45) is 2.09. The molecule has 0 aliphatic heterocycles. The van der Waals surface area contributed by atoms with Gasteiger partial charge in [-0.1, -0.05) is 24.3 Å². The van der Waals surface area contributed by atoms with Gasteiger partial charge in [-0.3, -0.25) is 4.79 Å². The SMILES string of the molecule is Cc1cc(C(N)=O)ccc1Cn1ccc2ccccc21. The number of carbonyl (C=O) groups excluding carboxylic acids is 1. The maximum absolute atomic E-state index is 11.2. The van der Waals surface area contributed by atoms with Gasteiger partial charge in [0.2, 0.25) is 5.91 Å². The van der Waals surface area contributed by atoms with Crippen molar-refractivity contribution in [2.45, 2.75) is 13.5 Å². The van der Waals surface area contributed by atoms with Crippen molar-refractivity contribution in [1.29, 1.82) is 0 Å². The maximum atomic E-state index is 11.2. The average Bonchev–Trinajstić information content (AvgIpc) is 2.84. The number of rotatable bonds is 3. The van der Waals surface area contributed by atoms with E-state index < -0.39 is 0 Å². The molecule has 20 heavy (non-hydrogen) atoms. The highest BCUT2D eigenvalue weighted by Crippen LogP contribution is 2.19. The molecule has 2 N–H and O–H groups in total. The molecule has 0 aliphatic carbocycles. The van der Waals surface area contributed by atoms with Crippen LogP contribution in [-0.4, -0.2) is 10.5 Å². The van der Waals surface area contributed by atoms with Gasteiger partial charge >= 0.3 is 0 Å². The van der Waals surface area contributed by atoms with E-state index in [1.54, 1.807) is 6.07 Å². The minimum absolute atomic E-state index is 0.383. The molecule has 0 saturated heterocycles. The molecule has 0 saturated carbocycles. The second-order valence-electron chi connectivity index (χ2n) is 5.01. The van der Waals surface area contributed by atoms with Crippen molar-refractivity contribution in [3.8, 4) is 0 Å². The van der Waals surface area contributed by atoms with Crippen molar-refractivity contribution >= 4 is 16.8 Å². The second kappa shape index (κ2) is 4.85. The Kier molecular flexibility index (Phi) is 3.03. The number of primary amides is 1. The highest BCUT2D eigenvalue weighted by Gasteiger charge is 2.06. The summed E-state index contributed by atoms with van der Waals surface area (Å²) in [7, 11) is 0. The predicted octanol–water partition coefficient (Wildman–Crippen LogP) is 3.10. The lowest BCUT2D eigenvalue weighted by Gasteiger charge is -2.10. The first-order chi connectivity index (χ1) is 9.65. The lowest BCUT2D eigenvalue weighted by Crippen LogP contribution is -2.11. The number of carbonyl (C=O) groups is 1. The Morgan fingerprint density at radius 2 is 1.95 bits per heavy atom. The van der Waals surface area contributed by atoms with E-state index >= 15 is 0 Å². The molecule has 0 aliphatic rings. The highest BCUT2D eigenvalue weighted by molar-refractivity contribution is 5.93. The normalized spacial score (nSPS) is 10.8. The molecule has 3 aromatic rings. The number of benzene rings is 2. The monoisotopic (exact) mass is 264 g/mol. The Labute approximate surface area is 117 Å². The van der Waals surface area contributed by atoms with Gasteiger partial charge in [0.05, 0.1) is 0 Å². The minimum atomic E-state index is -0.383. The Bertz CT molecular complexity index is 787. The number of nitrogens with zero attached hydrogens (tertiary/aromatic N) is 1. The van der Waals surface area contributed by atoms with Gasteiger partial charge in [-0.25, -0.2) is 0 Å². The Morgan fingerprint density at radius 1 is 1.15 bits per heavy atom. The van der Waals surface area contributed by atoms with Crippen molar-refractivity contribution in [1.82, 2.24) is 4.57 Å². The molecule has 0 unspecified atom stereocenters. The Hall–Kier alpha value is -2.55. The van der Waals surface area contributed by atoms with Crippen molar-refractivity contribution in [3.05, 3.63) is 71.4 Å². The first-order valence-corrected chi connectivity index (χ1v) is 6.58. The summed E-state index contributed by atoms with van der Waals surface area (Å²) in [4.78, 5) is 11.2. The first-order valence-electron chi connectivity index (χ1n) is 6.58. The van der Waals surface area contributed by atoms with E-state index in [0.717, 1.165) is 12.1 Å². The van der Waals surface area contributed by atoms with Crippen LogP contribution < -0.4 is 5.73 Å². The first kappa shape index (κ1) is 12.5. The number of amides is 1. The number of aryl methyl sites for hydroxylation is 1. The second-order valence-corrected chi connectivity index (χ2v) is 5.01. The third-order valence-corrected chi connectivity index (χ3v) is 3.65. The Morgan fingerprint density at radius 3 is 2.70 bits per heavy atom. The third kappa shape index (κ3) is 2.18. The van der Waals surface area contributed by atoms with E-state index in [2.05, 4.69) is 29.0 Å². The average molecular weight is 264 g/mol. The van der Waals surface area contributed by atoms with Gasteiger partial charge in [-0.05, 0) is 47.7 Å². The largest absolute Gasteiger partial charge is 0.366 e. The fourth-order valence-electron chi connectivity index (χ4n) is 2.49. The number of nitrogens with two attached hydrogens (primary N) is 1. The van der Waals surface area contributed by atoms with Gasteiger partial charge in [0, 0.05) is 23.8 Å². The van der Waals surface area contributed by atoms with E-state index in [-0.39, 0.29) is 5.91 Å². The predicted molar refractivity (Wildman–Crippen MR) is 80.7 cm³/mol. The van der Waals surface area contributed by atoms with Crippen LogP contribution >= 0.6 is 0 Å². The molecule has 0 radical (unpaired) electrons. The summed E-state index contributed by atoms with van der Waals surface area (Å²) in [6, 6.07) is 16.0. The zero-order valence-electron chi connectivity index (χ0n) is 11.3. The van der Waals surface area contributed by atoms with Crippen molar-refractivity contribution in [2.75, 3.05) is 0 Å². The molecule has 100 valence electrons. The van der Waals surface area contributed by atoms with Crippen LogP contribution in [0.4, 0.5) is 0 Å². The molecule has 0 fully saturated rings. The molecular formula is C17H16N2O. The molecule has 3 rings (SSSR count). The van der Waals surface area contributed by atoms with E-state index in [1.165, 1.54) is 16.5 Å². The molecule has 2 aromatic carbocycles. The number of aromatic nitrogens is 1. The fourth-order valence-corrected chi connectivity index (χ4v) is 2.49. The maximum Gasteiger partial charge on any atom is 0.248 e. The summed E-state index contributed by atoms with van der Waals surface area (Å²) in [5.74, 6) is -0.383. The lowest BCUT2D eigenvalue weighted by molar-refractivity contribution is 0.1000. The van der Waals surface area contributed by atoms with E-state index in [4.69, 9.17) is 5.73 Å². The van der Waals surface area contributed by atoms with Crippen LogP contribution in [0.25, 0.3) is 10.9 Å². The number of hydrogen-bond acceptors (Lipinski definition) is 1. The molecule has 3 heteroatoms. The van der Waals surface area contributed by atoms with Crippen LogP contribution in [0.15, 0.2) is 54.7 Å². The van der Waals surface area contributed by atoms with E-state index in [0.29, 0.717) is 5.56 Å². The van der Waals surface area contributed by atoms with Gasteiger partial charge in [-0.15, -0.1) is 0 Å². The van der Waals surface area contributed by atoms with Crippen LogP contribution in [0.1, 0.15) is 21.5 Å². The summed E-state index contributed by atoms with van der Waals surface area (Å²) in [5.41, 5.74) is 9.35. The molecule has 0 spiro atoms. The summed E-state index contributed by atoms with van der Waals surface area (Å²) >= 11 is 0. The van der Waals surface area contributed by atoms with Gasteiger partial charge in [-0.2, -0.15) is 0 Å². The van der Waals surface area contributed by atoms with Crippen molar-refractivity contribution < 1.29 is 4.79 Å². The zero-order chi connectivity index (χ0) is 14.1. The van der Waals surface area contributed by atoms with Gasteiger partial charge in [0.1, 0.15) is 0 Å². The van der Waals surface area contributed by atoms with Gasteiger partial charge < -0.3 is 10.3 Å². The summed E-state index contributed by atoms with van der Waals surface area (Å²) in [5, 5.41) is 1.24. The fraction of sp³-hybridized carbons (Fsp3) is 0.118. The molecule has 1 amide bonds. The summed E-state index contributed by atoms with van der Waals surface area (Å²) < 4.78 is 2.21. The number of fused-ring (bicyclic) bond motifs is 1. The third-order valence-electron chi connectivity index (χ3n) is 3.65. The quantitative estimate of drug-likeness (QED) is 0.776. The zero-order valence-corrected chi connectivity index (χ0v) is 11.3. The molecule has 0 bridgehead atoms. The van der Waals surface area contributed by atoms with Gasteiger partial charge in [0.15, 0.2) is 0 Å². The van der Waals surface area contributed by atoms with Crippen LogP contribution in [0.2, 0.25) is 0 Å². The lowest BCUT2D eigenvalue weighted by atomic mass is 10.0. The van der Waals surface area contributed by atoms with Gasteiger partial charge in [0.25, 0.3) is 0 Å². The summed E-state index contributed by atoms with van der Waals surface area (Å²) in [6.45, 7) is 2.80. The van der Waals surface area contributed by atoms with Crippen molar-refractivity contribution in [3.63, 3.8) is 0 Å². The topological polar surface area (TPSA) is 48.0 Å². The van der Waals surface area contributed by atoms with E-state index in [1.807, 2.05) is 31.2 Å². The Balaban J connectivity index is 1.97. The minimum Gasteiger partial charge on any atom is -0.366 e. The number of hydrogen-bond donors (Lipinski definition) is 1. The standard InChI is InChI=1S/C17H16N2O/c1-12-10-14(17(18)20)6-7-15(12)11-19-9-8-13-4-2-3-5-16(13)19/h2-10H,11H2,1H3,(H2,18,20). The molecule has 1 aromatic heterocycles. The molecule has 0 atom stereocenters. The van der Waals surface area contributed by atoms with Crippen LogP contribution in [0, 0.1) is 6.92 Å². The number of para-hydroxylation sites is 1. The van der Waals surface area contributed by atoms with Crippen molar-refractivity contribution in [2.24, 2.45) is 5.73 Å². The molecular weight excluding hydrogens is 248 g/mol. The highest BCUT2D eigenvalue weighted by atomic mass is 16.1. The molecule has 3 nitrogen and oxygen atoms in total. The molecule has 1 heterocycles. The van der Waals surface area contributed by atoms with Crippen LogP contribution in [-0.2, 0) is 6.54 Å². The van der Waals surface area contributed by atoms with E-state index in [9.17, 15) is 4.79 Å². The van der Waals surface area contributed by atoms with Crippen LogP contribution in [0.3, 0.4) is 0 Å². The van der Waals surface area contributed by atoms with Crippen LogP contribution in [0.5, 0.6) is 0 Å². The smallest absolute Gasteiger partial charge is 0.248 e.